The monoisotopic (exact) mass is 504 g/mol. The van der Waals surface area contributed by atoms with Crippen LogP contribution in [0.3, 0.4) is 0 Å². The van der Waals surface area contributed by atoms with Crippen LogP contribution in [0.5, 0.6) is 0 Å². The number of hydrogen-bond donors (Lipinski definition) is 2. The van der Waals surface area contributed by atoms with Crippen molar-refractivity contribution in [3.05, 3.63) is 53.5 Å². The van der Waals surface area contributed by atoms with Crippen LogP contribution in [-0.2, 0) is 21.3 Å². The third kappa shape index (κ3) is 4.82. The number of amides is 1. The zero-order valence-corrected chi connectivity index (χ0v) is 19.9. The molecule has 36 heavy (non-hydrogen) atoms. The predicted octanol–water partition coefficient (Wildman–Crippen LogP) is 4.79. The van der Waals surface area contributed by atoms with Gasteiger partial charge in [0, 0.05) is 35.7 Å². The van der Waals surface area contributed by atoms with Gasteiger partial charge in [-0.25, -0.2) is 4.98 Å². The Kier molecular flexibility index (Phi) is 6.05. The molecular formula is C25H27F3N4O4. The van der Waals surface area contributed by atoms with Gasteiger partial charge < -0.3 is 19.9 Å². The van der Waals surface area contributed by atoms with E-state index in [4.69, 9.17) is 14.6 Å². The Labute approximate surface area is 205 Å². The van der Waals surface area contributed by atoms with E-state index in [1.165, 1.54) is 6.07 Å². The van der Waals surface area contributed by atoms with Crippen LogP contribution in [0, 0.1) is 0 Å². The van der Waals surface area contributed by atoms with Crippen LogP contribution in [0.1, 0.15) is 67.3 Å². The van der Waals surface area contributed by atoms with Crippen LogP contribution in [0.25, 0.3) is 10.9 Å². The minimum absolute atomic E-state index is 0.147. The van der Waals surface area contributed by atoms with Crippen molar-refractivity contribution in [2.24, 2.45) is 0 Å². The van der Waals surface area contributed by atoms with Gasteiger partial charge in [-0.2, -0.15) is 18.3 Å². The summed E-state index contributed by atoms with van der Waals surface area (Å²) in [6.07, 6.45) is 0.411. The van der Waals surface area contributed by atoms with E-state index in [-0.39, 0.29) is 17.4 Å². The van der Waals surface area contributed by atoms with Gasteiger partial charge in [0.1, 0.15) is 11.4 Å². The van der Waals surface area contributed by atoms with Crippen molar-refractivity contribution in [3.63, 3.8) is 0 Å². The molecule has 5 rings (SSSR count). The summed E-state index contributed by atoms with van der Waals surface area (Å²) in [6.45, 7) is 4.35. The lowest BCUT2D eigenvalue weighted by Gasteiger charge is -2.35. The summed E-state index contributed by atoms with van der Waals surface area (Å²) < 4.78 is 52.6. The highest BCUT2D eigenvalue weighted by Crippen LogP contribution is 2.41. The summed E-state index contributed by atoms with van der Waals surface area (Å²) in [5.74, 6) is -1.29. The number of anilines is 1. The Hall–Kier alpha value is -3.02. The number of hydrogen-bond acceptors (Lipinski definition) is 6. The zero-order chi connectivity index (χ0) is 25.7. The van der Waals surface area contributed by atoms with Crippen LogP contribution in [0.2, 0.25) is 0 Å². The second-order valence-electron chi connectivity index (χ2n) is 9.82. The van der Waals surface area contributed by atoms with Crippen molar-refractivity contribution >= 4 is 22.5 Å². The Morgan fingerprint density at radius 3 is 2.50 bits per heavy atom. The molecule has 0 unspecified atom stereocenters. The molecule has 1 aliphatic heterocycles. The maximum absolute atomic E-state index is 13.0. The average Bonchev–Trinajstić information content (AvgIpc) is 3.45. The first-order valence-electron chi connectivity index (χ1n) is 11.8. The maximum Gasteiger partial charge on any atom is 0.433 e. The molecule has 1 saturated carbocycles. The molecule has 8 nitrogen and oxygen atoms in total. The van der Waals surface area contributed by atoms with Gasteiger partial charge in [0.05, 0.1) is 30.4 Å². The Morgan fingerprint density at radius 1 is 1.17 bits per heavy atom. The second kappa shape index (κ2) is 8.82. The number of nitrogens with one attached hydrogen (secondary N) is 1. The smallest absolute Gasteiger partial charge is 0.386 e. The molecule has 2 N–H and O–H groups in total. The van der Waals surface area contributed by atoms with E-state index in [2.05, 4.69) is 10.3 Å². The van der Waals surface area contributed by atoms with Crippen molar-refractivity contribution in [1.82, 2.24) is 14.8 Å². The minimum Gasteiger partial charge on any atom is -0.386 e. The fraction of sp³-hybridized carbons (Fsp3) is 0.480. The molecule has 0 bridgehead atoms. The number of pyridine rings is 1. The van der Waals surface area contributed by atoms with E-state index in [9.17, 15) is 23.1 Å². The molecule has 0 atom stereocenters. The summed E-state index contributed by atoms with van der Waals surface area (Å²) in [5.41, 5.74) is -1.59. The lowest BCUT2D eigenvalue weighted by atomic mass is 9.90. The number of carbonyl (C=O) groups excluding carboxylic acids is 1. The molecule has 3 heterocycles. The van der Waals surface area contributed by atoms with Crippen molar-refractivity contribution in [2.45, 2.75) is 63.1 Å². The van der Waals surface area contributed by atoms with Crippen LogP contribution >= 0.6 is 0 Å². The van der Waals surface area contributed by atoms with E-state index in [1.807, 2.05) is 10.9 Å². The fourth-order valence-corrected chi connectivity index (χ4v) is 4.89. The summed E-state index contributed by atoms with van der Waals surface area (Å²) >= 11 is 0. The summed E-state index contributed by atoms with van der Waals surface area (Å²) in [6, 6.07) is 6.65. The van der Waals surface area contributed by atoms with E-state index in [0.29, 0.717) is 24.3 Å². The molecule has 2 fully saturated rings. The minimum atomic E-state index is -4.67. The molecule has 1 aliphatic carbocycles. The highest BCUT2D eigenvalue weighted by molar-refractivity contribution is 6.04. The lowest BCUT2D eigenvalue weighted by Crippen LogP contribution is -2.35. The third-order valence-electron chi connectivity index (χ3n) is 6.75. The standard InChI is InChI=1S/C25H27F3N4O4/c1-23(2,34)17-13-19-15(14-32(31-19)16-6-8-24(9-7-16)35-10-11-36-24)12-20(17)30-22(33)18-4-3-5-21(29-18)25(26,27)28/h3-5,12-14,16,34H,6-11H2,1-2H3,(H,30,33). The first-order valence-corrected chi connectivity index (χ1v) is 11.8. The summed E-state index contributed by atoms with van der Waals surface area (Å²) in [4.78, 5) is 16.3. The van der Waals surface area contributed by atoms with Crippen molar-refractivity contribution in [1.29, 1.82) is 0 Å². The molecule has 2 aromatic heterocycles. The van der Waals surface area contributed by atoms with Crippen molar-refractivity contribution < 1.29 is 32.5 Å². The van der Waals surface area contributed by atoms with E-state index in [0.717, 1.165) is 43.2 Å². The zero-order valence-electron chi connectivity index (χ0n) is 19.9. The SMILES string of the molecule is CC(C)(O)c1cc2nn(C3CCC4(CC3)OCCO4)cc2cc1NC(=O)c1cccc(C(F)(F)F)n1. The molecule has 1 saturated heterocycles. The van der Waals surface area contributed by atoms with Gasteiger partial charge in [0.15, 0.2) is 5.79 Å². The van der Waals surface area contributed by atoms with Gasteiger partial charge in [0.25, 0.3) is 5.91 Å². The number of alkyl halides is 3. The van der Waals surface area contributed by atoms with Gasteiger partial charge in [-0.1, -0.05) is 6.07 Å². The van der Waals surface area contributed by atoms with Crippen LogP contribution in [0.4, 0.5) is 18.9 Å². The molecule has 1 amide bonds. The van der Waals surface area contributed by atoms with Crippen molar-refractivity contribution in [2.75, 3.05) is 18.5 Å². The molecular weight excluding hydrogens is 477 g/mol. The van der Waals surface area contributed by atoms with Gasteiger partial charge >= 0.3 is 6.18 Å². The molecule has 0 radical (unpaired) electrons. The van der Waals surface area contributed by atoms with E-state index >= 15 is 0 Å². The number of aromatic nitrogens is 3. The fourth-order valence-electron chi connectivity index (χ4n) is 4.89. The third-order valence-corrected chi connectivity index (χ3v) is 6.75. The van der Waals surface area contributed by atoms with Gasteiger partial charge in [-0.3, -0.25) is 9.48 Å². The predicted molar refractivity (Wildman–Crippen MR) is 124 cm³/mol. The first kappa shape index (κ1) is 24.7. The van der Waals surface area contributed by atoms with E-state index in [1.54, 1.807) is 26.0 Å². The second-order valence-corrected chi connectivity index (χ2v) is 9.82. The van der Waals surface area contributed by atoms with Crippen LogP contribution in [-0.4, -0.2) is 44.8 Å². The number of rotatable bonds is 4. The average molecular weight is 505 g/mol. The number of carbonyl (C=O) groups is 1. The lowest BCUT2D eigenvalue weighted by molar-refractivity contribution is -0.181. The Morgan fingerprint density at radius 2 is 1.86 bits per heavy atom. The molecule has 3 aromatic rings. The Bertz CT molecular complexity index is 1280. The molecule has 11 heteroatoms. The number of ether oxygens (including phenoxy) is 2. The van der Waals surface area contributed by atoms with Crippen molar-refractivity contribution in [3.8, 4) is 0 Å². The number of aliphatic hydroxyl groups is 1. The maximum atomic E-state index is 13.0. The van der Waals surface area contributed by atoms with E-state index < -0.39 is 29.2 Å². The molecule has 192 valence electrons. The largest absolute Gasteiger partial charge is 0.433 e. The number of nitrogens with zero attached hydrogens (tertiary/aromatic N) is 3. The molecule has 1 aromatic carbocycles. The van der Waals surface area contributed by atoms with Gasteiger partial charge in [0.2, 0.25) is 0 Å². The molecule has 1 spiro atoms. The number of fused-ring (bicyclic) bond motifs is 1. The van der Waals surface area contributed by atoms with Gasteiger partial charge in [-0.05, 0) is 51.0 Å². The highest BCUT2D eigenvalue weighted by Gasteiger charge is 2.41. The topological polar surface area (TPSA) is 98.5 Å². The normalized spacial score (nSPS) is 18.7. The quantitative estimate of drug-likeness (QED) is 0.530. The summed E-state index contributed by atoms with van der Waals surface area (Å²) in [5, 5.41) is 18.8. The van der Waals surface area contributed by atoms with Crippen LogP contribution in [0.15, 0.2) is 36.5 Å². The van der Waals surface area contributed by atoms with Gasteiger partial charge in [-0.15, -0.1) is 0 Å². The number of halogens is 3. The number of benzene rings is 1. The summed E-state index contributed by atoms with van der Waals surface area (Å²) in [7, 11) is 0. The first-order chi connectivity index (χ1) is 16.9. The van der Waals surface area contributed by atoms with Crippen LogP contribution < -0.4 is 5.32 Å². The highest BCUT2D eigenvalue weighted by atomic mass is 19.4. The molecule has 2 aliphatic rings. The Balaban J connectivity index is 1.43.